The predicted molar refractivity (Wildman–Crippen MR) is 259 cm³/mol. The third-order valence-corrected chi connectivity index (χ3v) is 25.3. The van der Waals surface area contributed by atoms with Crippen molar-refractivity contribution in [1.82, 2.24) is 4.90 Å². The van der Waals surface area contributed by atoms with Gasteiger partial charge in [-0.3, -0.25) is 9.59 Å². The standard InChI is InChI=1S/C48H83NO14Si3/c1-31(32(2)62-65(15,16)46(3,4)5)36(63-66(17,18)47(6,7)8)27-35(50)38(56-28-33-22-20-19-21-23-33)42(51)49(44(52)55-24-25-64(12,13)14)43-40-39(58-30-59-43)41(54-11)48(9,10)37(61-40)26-34-29-57-45(53)60-34/h19-23,31-32,34,36-41,43H,24-30H2,1-18H3/t31-,32+,34-,36+,37+,38+,39-,40-,41+,43-/m0/s1. The van der Waals surface area contributed by atoms with Gasteiger partial charge in [-0.05, 0) is 54.8 Å². The van der Waals surface area contributed by atoms with Gasteiger partial charge in [0.1, 0.15) is 31.7 Å². The summed E-state index contributed by atoms with van der Waals surface area (Å²) in [5.74, 6) is -1.83. The van der Waals surface area contributed by atoms with E-state index in [2.05, 4.69) is 87.4 Å². The van der Waals surface area contributed by atoms with Crippen molar-refractivity contribution in [2.75, 3.05) is 27.1 Å². The molecule has 0 unspecified atom stereocenters. The highest BCUT2D eigenvalue weighted by atomic mass is 28.4. The molecule has 2 amide bonds. The van der Waals surface area contributed by atoms with E-state index in [-0.39, 0.29) is 61.6 Å². The van der Waals surface area contributed by atoms with Crippen LogP contribution in [0.4, 0.5) is 9.59 Å². The van der Waals surface area contributed by atoms with Crippen LogP contribution in [0.2, 0.25) is 61.9 Å². The summed E-state index contributed by atoms with van der Waals surface area (Å²) < 4.78 is 62.1. The van der Waals surface area contributed by atoms with E-state index in [0.29, 0.717) is 11.6 Å². The number of hydrogen-bond donors (Lipinski definition) is 0. The second-order valence-corrected chi connectivity index (χ2v) is 38.4. The number of amides is 2. The van der Waals surface area contributed by atoms with Crippen LogP contribution in [-0.2, 0) is 62.9 Å². The molecule has 3 fully saturated rings. The van der Waals surface area contributed by atoms with E-state index in [1.807, 2.05) is 58.0 Å². The third-order valence-electron chi connectivity index (χ3n) is 14.5. The molecule has 1 aromatic carbocycles. The summed E-state index contributed by atoms with van der Waals surface area (Å²) in [5, 5.41) is -0.268. The molecule has 376 valence electrons. The molecule has 66 heavy (non-hydrogen) atoms. The molecule has 0 N–H and O–H groups in total. The molecule has 4 rings (SSSR count). The topological polar surface area (TPSA) is 164 Å². The summed E-state index contributed by atoms with van der Waals surface area (Å²) in [6.45, 7) is 35.7. The number of Topliss-reactive ketones (excluding diaryl/α,β-unsaturated/α-hetero) is 1. The largest absolute Gasteiger partial charge is 0.508 e. The monoisotopic (exact) mass is 982 g/mol. The van der Waals surface area contributed by atoms with Crippen LogP contribution < -0.4 is 0 Å². The molecule has 3 heterocycles. The molecule has 18 heteroatoms. The van der Waals surface area contributed by atoms with Crippen LogP contribution in [0.3, 0.4) is 0 Å². The highest BCUT2D eigenvalue weighted by Crippen LogP contribution is 2.46. The highest BCUT2D eigenvalue weighted by molar-refractivity contribution is 6.76. The second-order valence-electron chi connectivity index (χ2n) is 23.2. The molecule has 0 spiro atoms. The van der Waals surface area contributed by atoms with Crippen molar-refractivity contribution < 1.29 is 65.9 Å². The van der Waals surface area contributed by atoms with E-state index in [0.717, 1.165) is 4.90 Å². The Kier molecular flexibility index (Phi) is 18.7. The van der Waals surface area contributed by atoms with Crippen molar-refractivity contribution in [3.8, 4) is 0 Å². The molecule has 0 radical (unpaired) electrons. The number of fused-ring (bicyclic) bond motifs is 1. The minimum Gasteiger partial charge on any atom is -0.449 e. The van der Waals surface area contributed by atoms with Gasteiger partial charge in [0.05, 0.1) is 31.5 Å². The van der Waals surface area contributed by atoms with E-state index in [4.69, 9.17) is 46.7 Å². The minimum atomic E-state index is -2.54. The van der Waals surface area contributed by atoms with Gasteiger partial charge in [-0.1, -0.05) is 112 Å². The van der Waals surface area contributed by atoms with Crippen LogP contribution in [0.15, 0.2) is 30.3 Å². The third kappa shape index (κ3) is 14.1. The molecule has 0 saturated carbocycles. The zero-order valence-corrected chi connectivity index (χ0v) is 46.3. The number of carbonyl (C=O) groups excluding carboxylic acids is 4. The van der Waals surface area contributed by atoms with Gasteiger partial charge in [-0.15, -0.1) is 0 Å². The number of nitrogens with zero attached hydrogens (tertiary/aromatic N) is 1. The van der Waals surface area contributed by atoms with Crippen molar-refractivity contribution in [2.45, 2.75) is 206 Å². The number of rotatable bonds is 20. The maximum atomic E-state index is 15.5. The molecule has 0 aliphatic carbocycles. The Morgan fingerprint density at radius 2 is 1.48 bits per heavy atom. The Morgan fingerprint density at radius 1 is 0.879 bits per heavy atom. The Morgan fingerprint density at radius 3 is 2.03 bits per heavy atom. The van der Waals surface area contributed by atoms with Gasteiger partial charge < -0.3 is 46.7 Å². The van der Waals surface area contributed by atoms with Crippen LogP contribution in [0.1, 0.15) is 87.6 Å². The van der Waals surface area contributed by atoms with Gasteiger partial charge in [-0.2, -0.15) is 0 Å². The Hall–Kier alpha value is -2.53. The second kappa shape index (κ2) is 22.0. The number of benzene rings is 1. The zero-order valence-electron chi connectivity index (χ0n) is 43.3. The first kappa shape index (κ1) is 56.1. The SMILES string of the molecule is CO[C@@H]1[C@H]2OCO[C@H](N(C(=O)OCC[Si](C)(C)C)C(=O)[C@H](OCc3ccccc3)C(=O)C[C@@H](O[Si](C)(C)C(C)(C)C)[C@@H](C)[C@@H](C)O[Si](C)(C)C(C)(C)C)[C@H]2O[C@H](C[C@H]2COC(=O)O2)C1(C)C. The van der Waals surface area contributed by atoms with Crippen LogP contribution in [0.25, 0.3) is 0 Å². The smallest absolute Gasteiger partial charge is 0.449 e. The lowest BCUT2D eigenvalue weighted by Gasteiger charge is -2.55. The van der Waals surface area contributed by atoms with Gasteiger partial charge in [-0.25, -0.2) is 14.5 Å². The van der Waals surface area contributed by atoms with Crippen molar-refractivity contribution in [3.63, 3.8) is 0 Å². The average molecular weight is 982 g/mol. The Labute approximate surface area is 398 Å². The molecule has 3 aliphatic heterocycles. The maximum Gasteiger partial charge on any atom is 0.508 e. The van der Waals surface area contributed by atoms with Gasteiger partial charge >= 0.3 is 12.2 Å². The fraction of sp³-hybridized carbons (Fsp3) is 0.792. The van der Waals surface area contributed by atoms with Crippen molar-refractivity contribution in [2.24, 2.45) is 11.3 Å². The maximum absolute atomic E-state index is 15.5. The number of hydrogen-bond acceptors (Lipinski definition) is 14. The quantitative estimate of drug-likeness (QED) is 0.0689. The fourth-order valence-corrected chi connectivity index (χ4v) is 11.5. The summed E-state index contributed by atoms with van der Waals surface area (Å²) >= 11 is 0. The molecule has 1 aromatic rings. The molecule has 3 saturated heterocycles. The number of ether oxygens (including phenoxy) is 8. The number of imide groups is 1. The summed E-state index contributed by atoms with van der Waals surface area (Å²) in [6.07, 6.45) is -9.85. The lowest BCUT2D eigenvalue weighted by atomic mass is 9.72. The lowest BCUT2D eigenvalue weighted by Crippen LogP contribution is -2.70. The zero-order chi connectivity index (χ0) is 49.8. The molecular formula is C48H83NO14Si3. The fourth-order valence-electron chi connectivity index (χ4n) is 7.92. The first-order chi connectivity index (χ1) is 30.3. The molecular weight excluding hydrogens is 899 g/mol. The molecule has 15 nitrogen and oxygen atoms in total. The lowest BCUT2D eigenvalue weighted by molar-refractivity contribution is -0.342. The summed E-state index contributed by atoms with van der Waals surface area (Å²) in [4.78, 5) is 58.2. The van der Waals surface area contributed by atoms with E-state index < -0.39 is 103 Å². The predicted octanol–water partition coefficient (Wildman–Crippen LogP) is 9.70. The first-order valence-corrected chi connectivity index (χ1v) is 33.1. The molecule has 0 bridgehead atoms. The van der Waals surface area contributed by atoms with Crippen LogP contribution >= 0.6 is 0 Å². The van der Waals surface area contributed by atoms with Crippen LogP contribution in [0, 0.1) is 11.3 Å². The molecule has 3 aliphatic rings. The van der Waals surface area contributed by atoms with Gasteiger partial charge in [0.2, 0.25) is 0 Å². The van der Waals surface area contributed by atoms with E-state index >= 15 is 9.59 Å². The molecule has 10 atom stereocenters. The highest BCUT2D eigenvalue weighted by Gasteiger charge is 2.59. The van der Waals surface area contributed by atoms with Crippen LogP contribution in [0.5, 0.6) is 0 Å². The van der Waals surface area contributed by atoms with E-state index in [9.17, 15) is 9.59 Å². The summed E-state index contributed by atoms with van der Waals surface area (Å²) in [6, 6.07) is 9.83. The average Bonchev–Trinajstić information content (AvgIpc) is 3.60. The summed E-state index contributed by atoms with van der Waals surface area (Å²) in [7, 11) is -4.96. The number of ketones is 1. The summed E-state index contributed by atoms with van der Waals surface area (Å²) in [5.41, 5.74) is -0.00766. The van der Waals surface area contributed by atoms with E-state index in [1.54, 1.807) is 7.11 Å². The normalized spacial score (nSPS) is 25.7. The van der Waals surface area contributed by atoms with Crippen molar-refractivity contribution in [1.29, 1.82) is 0 Å². The number of carbonyl (C=O) groups is 4. The Balaban J connectivity index is 1.81. The molecule has 0 aromatic heterocycles. The van der Waals surface area contributed by atoms with Gasteiger partial charge in [0.25, 0.3) is 5.91 Å². The number of cyclic esters (lactones) is 2. The van der Waals surface area contributed by atoms with Crippen molar-refractivity contribution >= 4 is 48.6 Å². The van der Waals surface area contributed by atoms with E-state index in [1.165, 1.54) is 0 Å². The Bertz CT molecular complexity index is 1790. The van der Waals surface area contributed by atoms with Crippen molar-refractivity contribution in [3.05, 3.63) is 35.9 Å². The van der Waals surface area contributed by atoms with Crippen LogP contribution in [-0.4, -0.2) is 136 Å². The minimum absolute atomic E-state index is 0.0352. The van der Waals surface area contributed by atoms with Gasteiger partial charge in [0.15, 0.2) is 34.7 Å². The van der Waals surface area contributed by atoms with Gasteiger partial charge in [0, 0.05) is 45.5 Å². The first-order valence-electron chi connectivity index (χ1n) is 23.6. The number of methoxy groups -OCH3 is 1.